The maximum Gasteiger partial charge on any atom is 0.419 e. The average Bonchev–Trinajstić information content (AvgIpc) is 2.72. The third-order valence-electron chi connectivity index (χ3n) is 4.64. The lowest BCUT2D eigenvalue weighted by molar-refractivity contribution is -0.137. The predicted molar refractivity (Wildman–Crippen MR) is 106 cm³/mol. The number of fused-ring (bicyclic) bond motifs is 1. The van der Waals surface area contributed by atoms with Crippen molar-refractivity contribution in [2.45, 2.75) is 6.18 Å². The van der Waals surface area contributed by atoms with Gasteiger partial charge in [0.2, 0.25) is 5.91 Å². The average molecular weight is 409 g/mol. The van der Waals surface area contributed by atoms with Crippen molar-refractivity contribution in [3.63, 3.8) is 0 Å². The fourth-order valence-corrected chi connectivity index (χ4v) is 3.12. The first-order valence-electron chi connectivity index (χ1n) is 8.72. The molecule has 4 N–H and O–H groups in total. The standard InChI is InChI=1S/C21H14F3N5O/c22-21(23,24)16-8-14(9-27-19(16)25)13-5-6-17-15(7-13)18(29-10-28-17)11-1-3-12(4-2-11)20(26)30/h1-10H,(H2,25,27)(H2,26,30). The molecular formula is C21H14F3N5O. The Morgan fingerprint density at radius 3 is 2.23 bits per heavy atom. The van der Waals surface area contributed by atoms with Crippen LogP contribution in [-0.2, 0) is 6.18 Å². The lowest BCUT2D eigenvalue weighted by Crippen LogP contribution is -2.10. The number of carbonyl (C=O) groups is 1. The van der Waals surface area contributed by atoms with Crippen LogP contribution in [0.1, 0.15) is 15.9 Å². The van der Waals surface area contributed by atoms with E-state index >= 15 is 0 Å². The Bertz CT molecular complexity index is 1270. The zero-order valence-electron chi connectivity index (χ0n) is 15.3. The number of hydrogen-bond donors (Lipinski definition) is 2. The summed E-state index contributed by atoms with van der Waals surface area (Å²) in [5, 5.41) is 0.632. The van der Waals surface area contributed by atoms with Gasteiger partial charge in [-0.1, -0.05) is 18.2 Å². The van der Waals surface area contributed by atoms with Crippen molar-refractivity contribution in [2.75, 3.05) is 5.73 Å². The molecule has 6 nitrogen and oxygen atoms in total. The molecule has 0 fully saturated rings. The van der Waals surface area contributed by atoms with E-state index < -0.39 is 23.5 Å². The van der Waals surface area contributed by atoms with Crippen LogP contribution in [0.3, 0.4) is 0 Å². The van der Waals surface area contributed by atoms with E-state index in [0.717, 1.165) is 6.07 Å². The molecule has 0 spiro atoms. The Labute approximate surface area is 168 Å². The first-order valence-corrected chi connectivity index (χ1v) is 8.72. The van der Waals surface area contributed by atoms with Gasteiger partial charge in [-0.25, -0.2) is 15.0 Å². The lowest BCUT2D eigenvalue weighted by Gasteiger charge is -2.12. The fraction of sp³-hybridized carbons (Fsp3) is 0.0476. The van der Waals surface area contributed by atoms with Crippen molar-refractivity contribution in [1.82, 2.24) is 15.0 Å². The number of anilines is 1. The van der Waals surface area contributed by atoms with Crippen molar-refractivity contribution in [3.05, 3.63) is 72.2 Å². The van der Waals surface area contributed by atoms with E-state index in [1.165, 1.54) is 12.5 Å². The molecule has 2 aromatic carbocycles. The van der Waals surface area contributed by atoms with Crippen LogP contribution >= 0.6 is 0 Å². The Balaban J connectivity index is 1.85. The van der Waals surface area contributed by atoms with Crippen LogP contribution in [0.2, 0.25) is 0 Å². The van der Waals surface area contributed by atoms with E-state index in [9.17, 15) is 18.0 Å². The number of primary amides is 1. The van der Waals surface area contributed by atoms with Crippen molar-refractivity contribution in [3.8, 4) is 22.4 Å². The van der Waals surface area contributed by atoms with Gasteiger partial charge in [0.1, 0.15) is 12.1 Å². The second kappa shape index (κ2) is 7.11. The van der Waals surface area contributed by atoms with Crippen LogP contribution < -0.4 is 11.5 Å². The molecule has 2 aromatic heterocycles. The van der Waals surface area contributed by atoms with E-state index in [1.54, 1.807) is 42.5 Å². The molecule has 9 heteroatoms. The first-order chi connectivity index (χ1) is 14.2. The number of nitrogens with two attached hydrogens (primary N) is 2. The molecule has 30 heavy (non-hydrogen) atoms. The van der Waals surface area contributed by atoms with Gasteiger partial charge in [-0.05, 0) is 35.9 Å². The monoisotopic (exact) mass is 409 g/mol. The van der Waals surface area contributed by atoms with Crippen molar-refractivity contribution in [1.29, 1.82) is 0 Å². The molecule has 0 aliphatic rings. The molecule has 4 aromatic rings. The molecule has 0 radical (unpaired) electrons. The third-order valence-corrected chi connectivity index (χ3v) is 4.64. The lowest BCUT2D eigenvalue weighted by atomic mass is 9.99. The summed E-state index contributed by atoms with van der Waals surface area (Å²) in [7, 11) is 0. The number of alkyl halides is 3. The van der Waals surface area contributed by atoms with Crippen molar-refractivity contribution in [2.24, 2.45) is 5.73 Å². The van der Waals surface area contributed by atoms with Gasteiger partial charge in [0.05, 0.1) is 16.8 Å². The second-order valence-electron chi connectivity index (χ2n) is 6.55. The number of halogens is 3. The highest BCUT2D eigenvalue weighted by Gasteiger charge is 2.34. The molecule has 0 bridgehead atoms. The minimum Gasteiger partial charge on any atom is -0.383 e. The van der Waals surface area contributed by atoms with Crippen LogP contribution in [0.4, 0.5) is 19.0 Å². The number of rotatable bonds is 3. The molecule has 0 saturated carbocycles. The Hall–Kier alpha value is -4.01. The SMILES string of the molecule is NC(=O)c1ccc(-c2ncnc3ccc(-c4cnc(N)c(C(F)(F)F)c4)cc23)cc1. The maximum atomic E-state index is 13.2. The smallest absolute Gasteiger partial charge is 0.383 e. The number of benzene rings is 2. The number of carbonyl (C=O) groups excluding carboxylic acids is 1. The number of amides is 1. The molecule has 4 rings (SSSR count). The molecule has 0 aliphatic carbocycles. The van der Waals surface area contributed by atoms with Crippen LogP contribution in [0.15, 0.2) is 61.1 Å². The normalized spacial score (nSPS) is 11.6. The summed E-state index contributed by atoms with van der Waals surface area (Å²) in [4.78, 5) is 23.5. The van der Waals surface area contributed by atoms with Crippen LogP contribution in [-0.4, -0.2) is 20.9 Å². The zero-order valence-corrected chi connectivity index (χ0v) is 15.3. The predicted octanol–water partition coefficient (Wildman–Crippen LogP) is 4.06. The van der Waals surface area contributed by atoms with Crippen molar-refractivity contribution >= 4 is 22.6 Å². The van der Waals surface area contributed by atoms with E-state index in [-0.39, 0.29) is 5.56 Å². The van der Waals surface area contributed by atoms with Gasteiger partial charge in [0.15, 0.2) is 0 Å². The number of aromatic nitrogens is 3. The number of hydrogen-bond acceptors (Lipinski definition) is 5. The van der Waals surface area contributed by atoms with Crippen LogP contribution in [0.5, 0.6) is 0 Å². The van der Waals surface area contributed by atoms with E-state index in [2.05, 4.69) is 15.0 Å². The molecule has 2 heterocycles. The van der Waals surface area contributed by atoms with Gasteiger partial charge in [-0.15, -0.1) is 0 Å². The Morgan fingerprint density at radius 1 is 0.867 bits per heavy atom. The minimum absolute atomic E-state index is 0.261. The van der Waals surface area contributed by atoms with Gasteiger partial charge < -0.3 is 11.5 Å². The van der Waals surface area contributed by atoms with Gasteiger partial charge in [-0.3, -0.25) is 4.79 Å². The van der Waals surface area contributed by atoms with Gasteiger partial charge >= 0.3 is 6.18 Å². The summed E-state index contributed by atoms with van der Waals surface area (Å²) in [6.07, 6.45) is -1.93. The van der Waals surface area contributed by atoms with E-state index in [4.69, 9.17) is 11.5 Å². The summed E-state index contributed by atoms with van der Waals surface area (Å²) in [6.45, 7) is 0. The molecule has 1 amide bonds. The quantitative estimate of drug-likeness (QED) is 0.531. The molecule has 0 unspecified atom stereocenters. The summed E-state index contributed by atoms with van der Waals surface area (Å²) in [6, 6.07) is 12.6. The number of pyridine rings is 1. The minimum atomic E-state index is -4.61. The van der Waals surface area contributed by atoms with Crippen LogP contribution in [0.25, 0.3) is 33.3 Å². The highest BCUT2D eigenvalue weighted by atomic mass is 19.4. The molecule has 150 valence electrons. The van der Waals surface area contributed by atoms with Gasteiger partial charge in [-0.2, -0.15) is 13.2 Å². The molecular weight excluding hydrogens is 395 g/mol. The summed E-state index contributed by atoms with van der Waals surface area (Å²) < 4.78 is 39.6. The number of nitrogens with zero attached hydrogens (tertiary/aromatic N) is 3. The first kappa shape index (κ1) is 19.3. The van der Waals surface area contributed by atoms with Gasteiger partial charge in [0, 0.05) is 28.3 Å². The van der Waals surface area contributed by atoms with Crippen LogP contribution in [0, 0.1) is 0 Å². The summed E-state index contributed by atoms with van der Waals surface area (Å²) >= 11 is 0. The summed E-state index contributed by atoms with van der Waals surface area (Å²) in [5.41, 5.74) is 12.7. The van der Waals surface area contributed by atoms with E-state index in [0.29, 0.717) is 33.3 Å². The number of nitrogen functional groups attached to an aromatic ring is 1. The third kappa shape index (κ3) is 3.52. The highest BCUT2D eigenvalue weighted by Crippen LogP contribution is 2.36. The van der Waals surface area contributed by atoms with E-state index in [1.807, 2.05) is 0 Å². The Morgan fingerprint density at radius 2 is 1.57 bits per heavy atom. The summed E-state index contributed by atoms with van der Waals surface area (Å²) in [5.74, 6) is -1.13. The van der Waals surface area contributed by atoms with Gasteiger partial charge in [0.25, 0.3) is 0 Å². The van der Waals surface area contributed by atoms with Crippen molar-refractivity contribution < 1.29 is 18.0 Å². The maximum absolute atomic E-state index is 13.2. The zero-order chi connectivity index (χ0) is 21.5. The molecule has 0 saturated heterocycles. The topological polar surface area (TPSA) is 108 Å². The second-order valence-corrected chi connectivity index (χ2v) is 6.55. The highest BCUT2D eigenvalue weighted by molar-refractivity contribution is 5.96. The Kier molecular flexibility index (Phi) is 4.57. The molecule has 0 atom stereocenters. The largest absolute Gasteiger partial charge is 0.419 e. The molecule has 0 aliphatic heterocycles. The fourth-order valence-electron chi connectivity index (χ4n) is 3.12.